The highest BCUT2D eigenvalue weighted by molar-refractivity contribution is 7.99. The average Bonchev–Trinajstić information content (AvgIpc) is 2.91. The zero-order valence-corrected chi connectivity index (χ0v) is 12.1. The number of nitrogens with one attached hydrogen (secondary N) is 2. The Kier molecular flexibility index (Phi) is 3.87. The number of hydrogen-bond acceptors (Lipinski definition) is 3. The molecule has 1 aliphatic rings. The second-order valence-electron chi connectivity index (χ2n) is 5.19. The number of aromatic amines is 1. The summed E-state index contributed by atoms with van der Waals surface area (Å²) in [5, 5.41) is 4.55. The maximum absolute atomic E-state index is 12.2. The maximum atomic E-state index is 12.2. The highest BCUT2D eigenvalue weighted by Gasteiger charge is 2.16. The lowest BCUT2D eigenvalue weighted by atomic mass is 10.2. The van der Waals surface area contributed by atoms with Crippen LogP contribution in [-0.4, -0.2) is 28.4 Å². The number of fused-ring (bicyclic) bond motifs is 1. The van der Waals surface area contributed by atoms with Crippen molar-refractivity contribution in [3.05, 3.63) is 30.0 Å². The lowest BCUT2D eigenvalue weighted by Gasteiger charge is -2.21. The molecule has 0 aliphatic carbocycles. The van der Waals surface area contributed by atoms with Crippen LogP contribution in [0, 0.1) is 0 Å². The van der Waals surface area contributed by atoms with Crippen LogP contribution in [0.4, 0.5) is 5.69 Å². The molecule has 0 radical (unpaired) electrons. The van der Waals surface area contributed by atoms with Crippen LogP contribution < -0.4 is 11.1 Å². The minimum Gasteiger partial charge on any atom is -0.397 e. The zero-order valence-electron chi connectivity index (χ0n) is 11.3. The number of H-pyrrole nitrogens is 1. The monoisotopic (exact) mass is 289 g/mol. The van der Waals surface area contributed by atoms with E-state index < -0.39 is 0 Å². The summed E-state index contributed by atoms with van der Waals surface area (Å²) in [7, 11) is 0. The highest BCUT2D eigenvalue weighted by atomic mass is 32.2. The Bertz CT molecular complexity index is 617. The van der Waals surface area contributed by atoms with Crippen molar-refractivity contribution >= 4 is 34.3 Å². The van der Waals surface area contributed by atoms with Gasteiger partial charge in [0.05, 0.1) is 11.2 Å². The molecule has 4 nitrogen and oxygen atoms in total. The number of benzene rings is 1. The van der Waals surface area contributed by atoms with Gasteiger partial charge in [-0.15, -0.1) is 0 Å². The van der Waals surface area contributed by atoms with E-state index in [1.54, 1.807) is 0 Å². The summed E-state index contributed by atoms with van der Waals surface area (Å²) in [6.07, 6.45) is 3.78. The van der Waals surface area contributed by atoms with Crippen LogP contribution in [0.2, 0.25) is 0 Å². The fourth-order valence-corrected chi connectivity index (χ4v) is 3.81. The largest absolute Gasteiger partial charge is 0.397 e. The average molecular weight is 289 g/mol. The third kappa shape index (κ3) is 2.77. The van der Waals surface area contributed by atoms with E-state index in [1.807, 2.05) is 36.0 Å². The number of rotatable bonds is 3. The summed E-state index contributed by atoms with van der Waals surface area (Å²) in [6.45, 7) is 0.744. The van der Waals surface area contributed by atoms with Crippen molar-refractivity contribution in [2.24, 2.45) is 0 Å². The normalized spacial score (nSPS) is 19.1. The van der Waals surface area contributed by atoms with Crippen molar-refractivity contribution in [2.75, 3.05) is 18.0 Å². The van der Waals surface area contributed by atoms with Gasteiger partial charge in [-0.25, -0.2) is 0 Å². The van der Waals surface area contributed by atoms with Crippen molar-refractivity contribution in [3.8, 4) is 0 Å². The molecular weight excluding hydrogens is 270 g/mol. The van der Waals surface area contributed by atoms with Gasteiger partial charge in [-0.05, 0) is 30.7 Å². The predicted molar refractivity (Wildman–Crippen MR) is 85.1 cm³/mol. The Morgan fingerprint density at radius 3 is 3.10 bits per heavy atom. The van der Waals surface area contributed by atoms with Gasteiger partial charge in [0.15, 0.2) is 0 Å². The third-order valence-electron chi connectivity index (χ3n) is 3.70. The SMILES string of the molecule is Nc1cccc2cc(C(=O)NCC3CCCCS3)[nH]c12. The molecule has 1 amide bonds. The lowest BCUT2D eigenvalue weighted by Crippen LogP contribution is -2.32. The van der Waals surface area contributed by atoms with Crippen LogP contribution in [0.25, 0.3) is 10.9 Å². The second kappa shape index (κ2) is 5.79. The number of hydrogen-bond donors (Lipinski definition) is 3. The summed E-state index contributed by atoms with van der Waals surface area (Å²) >= 11 is 1.96. The van der Waals surface area contributed by atoms with Gasteiger partial charge >= 0.3 is 0 Å². The number of nitrogen functional groups attached to an aromatic ring is 1. The fourth-order valence-electron chi connectivity index (χ4n) is 2.57. The van der Waals surface area contributed by atoms with Crippen LogP contribution in [0.15, 0.2) is 24.3 Å². The first-order valence-corrected chi connectivity index (χ1v) is 8.06. The number of anilines is 1. The fraction of sp³-hybridized carbons (Fsp3) is 0.400. The molecule has 106 valence electrons. The van der Waals surface area contributed by atoms with Crippen LogP contribution in [0.5, 0.6) is 0 Å². The first kappa shape index (κ1) is 13.4. The van der Waals surface area contributed by atoms with E-state index in [4.69, 9.17) is 5.73 Å². The summed E-state index contributed by atoms with van der Waals surface area (Å²) < 4.78 is 0. The van der Waals surface area contributed by atoms with E-state index in [9.17, 15) is 4.79 Å². The molecule has 0 saturated carbocycles. The molecule has 1 aromatic heterocycles. The van der Waals surface area contributed by atoms with Crippen LogP contribution in [0.3, 0.4) is 0 Å². The smallest absolute Gasteiger partial charge is 0.267 e. The number of nitrogens with two attached hydrogens (primary N) is 1. The summed E-state index contributed by atoms with van der Waals surface area (Å²) in [6, 6.07) is 7.54. The molecule has 1 fully saturated rings. The van der Waals surface area contributed by atoms with Crippen molar-refractivity contribution in [2.45, 2.75) is 24.5 Å². The molecule has 4 N–H and O–H groups in total. The Morgan fingerprint density at radius 2 is 2.35 bits per heavy atom. The van der Waals surface area contributed by atoms with Gasteiger partial charge in [0.2, 0.25) is 0 Å². The standard InChI is InChI=1S/C15H19N3OS/c16-12-6-3-4-10-8-13(18-14(10)12)15(19)17-9-11-5-1-2-7-20-11/h3-4,6,8,11,18H,1-2,5,7,9,16H2,(H,17,19). The summed E-state index contributed by atoms with van der Waals surface area (Å²) in [5.74, 6) is 1.16. The molecule has 20 heavy (non-hydrogen) atoms. The maximum Gasteiger partial charge on any atom is 0.267 e. The van der Waals surface area contributed by atoms with E-state index >= 15 is 0 Å². The number of carbonyl (C=O) groups is 1. The van der Waals surface area contributed by atoms with Gasteiger partial charge in [0.1, 0.15) is 5.69 Å². The van der Waals surface area contributed by atoms with Gasteiger partial charge in [0.25, 0.3) is 5.91 Å². The molecule has 1 atom stereocenters. The molecular formula is C15H19N3OS. The second-order valence-corrected chi connectivity index (χ2v) is 6.60. The van der Waals surface area contributed by atoms with Crippen molar-refractivity contribution in [1.29, 1.82) is 0 Å². The topological polar surface area (TPSA) is 70.9 Å². The molecule has 1 aromatic carbocycles. The lowest BCUT2D eigenvalue weighted by molar-refractivity contribution is 0.0949. The minimum atomic E-state index is -0.0493. The first-order valence-electron chi connectivity index (χ1n) is 7.01. The summed E-state index contributed by atoms with van der Waals surface area (Å²) in [5.41, 5.74) is 7.98. The number of amides is 1. The quantitative estimate of drug-likeness (QED) is 0.761. The predicted octanol–water partition coefficient (Wildman–Crippen LogP) is 2.77. The molecule has 1 unspecified atom stereocenters. The third-order valence-corrected chi connectivity index (χ3v) is 5.10. The molecule has 0 bridgehead atoms. The zero-order chi connectivity index (χ0) is 13.9. The van der Waals surface area contributed by atoms with Crippen molar-refractivity contribution in [3.63, 3.8) is 0 Å². The number of aromatic nitrogens is 1. The Morgan fingerprint density at radius 1 is 1.45 bits per heavy atom. The van der Waals surface area contributed by atoms with Gasteiger partial charge in [-0.3, -0.25) is 4.79 Å². The molecule has 2 heterocycles. The number of carbonyl (C=O) groups excluding carboxylic acids is 1. The number of thioether (sulfide) groups is 1. The molecule has 1 aliphatic heterocycles. The number of para-hydroxylation sites is 1. The van der Waals surface area contributed by atoms with Gasteiger partial charge in [0, 0.05) is 17.2 Å². The highest BCUT2D eigenvalue weighted by Crippen LogP contribution is 2.24. The van der Waals surface area contributed by atoms with Gasteiger partial charge in [-0.1, -0.05) is 18.6 Å². The van der Waals surface area contributed by atoms with Crippen LogP contribution >= 0.6 is 11.8 Å². The van der Waals surface area contributed by atoms with Gasteiger partial charge < -0.3 is 16.0 Å². The Hall–Kier alpha value is -1.62. The minimum absolute atomic E-state index is 0.0493. The van der Waals surface area contributed by atoms with Crippen molar-refractivity contribution < 1.29 is 4.79 Å². The van der Waals surface area contributed by atoms with E-state index in [1.165, 1.54) is 25.0 Å². The van der Waals surface area contributed by atoms with Crippen molar-refractivity contribution in [1.82, 2.24) is 10.3 Å². The molecule has 1 saturated heterocycles. The molecule has 0 spiro atoms. The Balaban J connectivity index is 1.67. The van der Waals surface area contributed by atoms with Crippen LogP contribution in [0.1, 0.15) is 29.8 Å². The molecule has 5 heteroatoms. The van der Waals surface area contributed by atoms with E-state index in [0.29, 0.717) is 16.6 Å². The first-order chi connectivity index (χ1) is 9.74. The summed E-state index contributed by atoms with van der Waals surface area (Å²) in [4.78, 5) is 15.3. The molecule has 3 rings (SSSR count). The van der Waals surface area contributed by atoms with E-state index in [0.717, 1.165) is 17.4 Å². The molecule has 2 aromatic rings. The van der Waals surface area contributed by atoms with Gasteiger partial charge in [-0.2, -0.15) is 11.8 Å². The Labute approximate surface area is 122 Å². The van der Waals surface area contributed by atoms with E-state index in [-0.39, 0.29) is 5.91 Å². The van der Waals surface area contributed by atoms with Crippen LogP contribution in [-0.2, 0) is 0 Å². The van der Waals surface area contributed by atoms with E-state index in [2.05, 4.69) is 10.3 Å².